The van der Waals surface area contributed by atoms with E-state index in [1.165, 1.54) is 23.8 Å². The Balaban J connectivity index is 1.94. The van der Waals surface area contributed by atoms with Crippen LogP contribution in [0, 0.1) is 11.3 Å². The van der Waals surface area contributed by atoms with E-state index in [4.69, 9.17) is 4.74 Å². The molecule has 0 aliphatic carbocycles. The Labute approximate surface area is 155 Å². The predicted octanol–water partition coefficient (Wildman–Crippen LogP) is 3.15. The number of para-hydroxylation sites is 1. The third-order valence-corrected chi connectivity index (χ3v) is 4.73. The van der Waals surface area contributed by atoms with E-state index >= 15 is 0 Å². The van der Waals surface area contributed by atoms with E-state index < -0.39 is 5.91 Å². The molecule has 0 bridgehead atoms. The molecule has 0 saturated carbocycles. The maximum Gasteiger partial charge on any atom is 0.269 e. The standard InChI is InChI=1S/C19H15N3O3S/c1-25-15-9-5-6-13(10-15)21-18(24)16(11-20)19-22(17(23)12-26-19)14-7-3-2-4-8-14/h2-10H,12H2,1H3,(H,21,24)/b19-16-. The number of hydrogen-bond acceptors (Lipinski definition) is 5. The molecule has 1 aliphatic heterocycles. The number of nitrogens with one attached hydrogen (secondary N) is 1. The molecule has 26 heavy (non-hydrogen) atoms. The van der Waals surface area contributed by atoms with Gasteiger partial charge in [-0.2, -0.15) is 5.26 Å². The van der Waals surface area contributed by atoms with Crippen LogP contribution in [0.3, 0.4) is 0 Å². The Morgan fingerprint density at radius 3 is 2.69 bits per heavy atom. The lowest BCUT2D eigenvalue weighted by atomic mass is 10.2. The highest BCUT2D eigenvalue weighted by Crippen LogP contribution is 2.36. The molecule has 2 aromatic rings. The van der Waals surface area contributed by atoms with Gasteiger partial charge in [-0.25, -0.2) is 0 Å². The van der Waals surface area contributed by atoms with E-state index in [1.807, 2.05) is 12.1 Å². The van der Waals surface area contributed by atoms with Crippen LogP contribution in [0.4, 0.5) is 11.4 Å². The van der Waals surface area contributed by atoms with Crippen molar-refractivity contribution in [2.45, 2.75) is 0 Å². The summed E-state index contributed by atoms with van der Waals surface area (Å²) in [6.45, 7) is 0. The van der Waals surface area contributed by atoms with Gasteiger partial charge < -0.3 is 10.1 Å². The molecule has 1 saturated heterocycles. The number of amides is 2. The summed E-state index contributed by atoms with van der Waals surface area (Å²) in [5.74, 6) is 0.0317. The molecule has 0 unspecified atom stereocenters. The lowest BCUT2D eigenvalue weighted by Crippen LogP contribution is -2.26. The van der Waals surface area contributed by atoms with Crippen molar-refractivity contribution >= 4 is 35.0 Å². The molecule has 0 radical (unpaired) electrons. The van der Waals surface area contributed by atoms with Crippen molar-refractivity contribution in [2.75, 3.05) is 23.1 Å². The van der Waals surface area contributed by atoms with E-state index in [-0.39, 0.29) is 17.2 Å². The quantitative estimate of drug-likeness (QED) is 0.665. The second-order valence-electron chi connectivity index (χ2n) is 5.33. The smallest absolute Gasteiger partial charge is 0.269 e. The number of thioether (sulfide) groups is 1. The number of methoxy groups -OCH3 is 1. The summed E-state index contributed by atoms with van der Waals surface area (Å²) in [6.07, 6.45) is 0. The molecule has 3 rings (SSSR count). The second kappa shape index (κ2) is 7.76. The number of anilines is 2. The number of benzene rings is 2. The van der Waals surface area contributed by atoms with E-state index in [0.717, 1.165) is 0 Å². The van der Waals surface area contributed by atoms with Gasteiger partial charge in [0.25, 0.3) is 5.91 Å². The first-order valence-electron chi connectivity index (χ1n) is 7.74. The Hall–Kier alpha value is -3.24. The summed E-state index contributed by atoms with van der Waals surface area (Å²) >= 11 is 1.18. The van der Waals surface area contributed by atoms with Crippen LogP contribution in [0.15, 0.2) is 65.2 Å². The summed E-state index contributed by atoms with van der Waals surface area (Å²) in [4.78, 5) is 26.3. The summed E-state index contributed by atoms with van der Waals surface area (Å²) in [5, 5.41) is 12.6. The first-order chi connectivity index (χ1) is 12.6. The molecule has 0 atom stereocenters. The first kappa shape index (κ1) is 17.6. The molecule has 1 fully saturated rings. The van der Waals surface area contributed by atoms with Crippen molar-refractivity contribution in [3.8, 4) is 11.8 Å². The van der Waals surface area contributed by atoms with Crippen molar-refractivity contribution in [3.63, 3.8) is 0 Å². The Bertz CT molecular complexity index is 919. The molecule has 1 aliphatic rings. The molecule has 0 spiro atoms. The van der Waals surface area contributed by atoms with E-state index in [2.05, 4.69) is 5.32 Å². The van der Waals surface area contributed by atoms with Crippen LogP contribution in [0.5, 0.6) is 5.75 Å². The van der Waals surface area contributed by atoms with Gasteiger partial charge in [-0.15, -0.1) is 0 Å². The summed E-state index contributed by atoms with van der Waals surface area (Å²) in [6, 6.07) is 17.7. The fourth-order valence-corrected chi connectivity index (χ4v) is 3.49. The van der Waals surface area contributed by atoms with Crippen LogP contribution in [-0.4, -0.2) is 24.7 Å². The number of nitriles is 1. The van der Waals surface area contributed by atoms with Gasteiger partial charge >= 0.3 is 0 Å². The summed E-state index contributed by atoms with van der Waals surface area (Å²) in [5.41, 5.74) is 1.02. The molecule has 0 aromatic heterocycles. The molecule has 2 aromatic carbocycles. The molecule has 7 heteroatoms. The molecule has 1 N–H and O–H groups in total. The van der Waals surface area contributed by atoms with Crippen LogP contribution in [-0.2, 0) is 9.59 Å². The van der Waals surface area contributed by atoms with Gasteiger partial charge in [0.2, 0.25) is 5.91 Å². The van der Waals surface area contributed by atoms with Crippen molar-refractivity contribution in [1.82, 2.24) is 0 Å². The second-order valence-corrected chi connectivity index (χ2v) is 6.30. The van der Waals surface area contributed by atoms with E-state index in [1.54, 1.807) is 48.5 Å². The maximum absolute atomic E-state index is 12.6. The fraction of sp³-hybridized carbons (Fsp3) is 0.105. The zero-order chi connectivity index (χ0) is 18.5. The lowest BCUT2D eigenvalue weighted by molar-refractivity contribution is -0.115. The van der Waals surface area contributed by atoms with E-state index in [9.17, 15) is 14.9 Å². The Morgan fingerprint density at radius 1 is 1.23 bits per heavy atom. The van der Waals surface area contributed by atoms with Gasteiger partial charge in [0.1, 0.15) is 22.4 Å². The van der Waals surface area contributed by atoms with E-state index in [0.29, 0.717) is 22.2 Å². The predicted molar refractivity (Wildman–Crippen MR) is 101 cm³/mol. The van der Waals surface area contributed by atoms with Gasteiger partial charge in [0, 0.05) is 17.4 Å². The molecule has 130 valence electrons. The lowest BCUT2D eigenvalue weighted by Gasteiger charge is -2.18. The van der Waals surface area contributed by atoms with Crippen LogP contribution in [0.2, 0.25) is 0 Å². The number of hydrogen-bond donors (Lipinski definition) is 1. The average Bonchev–Trinajstić information content (AvgIpc) is 3.04. The van der Waals surface area contributed by atoms with Crippen LogP contribution in [0.1, 0.15) is 0 Å². The highest BCUT2D eigenvalue weighted by atomic mass is 32.2. The van der Waals surface area contributed by atoms with Crippen LogP contribution in [0.25, 0.3) is 0 Å². The van der Waals surface area contributed by atoms with Gasteiger partial charge in [0.15, 0.2) is 0 Å². The average molecular weight is 365 g/mol. The largest absolute Gasteiger partial charge is 0.497 e. The number of nitrogens with zero attached hydrogens (tertiary/aromatic N) is 2. The number of carbonyl (C=O) groups is 2. The zero-order valence-electron chi connectivity index (χ0n) is 13.9. The SMILES string of the molecule is COc1cccc(NC(=O)/C(C#N)=C2\SCC(=O)N2c2ccccc2)c1. The van der Waals surface area contributed by atoms with Crippen LogP contribution < -0.4 is 15.0 Å². The van der Waals surface area contributed by atoms with Crippen molar-refractivity contribution in [3.05, 3.63) is 65.2 Å². The monoisotopic (exact) mass is 365 g/mol. The maximum atomic E-state index is 12.6. The topological polar surface area (TPSA) is 82.4 Å². The Kier molecular flexibility index (Phi) is 5.25. The number of rotatable bonds is 4. The highest BCUT2D eigenvalue weighted by molar-refractivity contribution is 8.04. The van der Waals surface area contributed by atoms with Crippen molar-refractivity contribution < 1.29 is 14.3 Å². The molecular weight excluding hydrogens is 350 g/mol. The van der Waals surface area contributed by atoms with Gasteiger partial charge in [-0.1, -0.05) is 36.0 Å². The van der Waals surface area contributed by atoms with Gasteiger partial charge in [0.05, 0.1) is 12.9 Å². The van der Waals surface area contributed by atoms with Crippen molar-refractivity contribution in [2.24, 2.45) is 0 Å². The number of carbonyl (C=O) groups excluding carboxylic acids is 2. The van der Waals surface area contributed by atoms with Crippen molar-refractivity contribution in [1.29, 1.82) is 5.26 Å². The minimum Gasteiger partial charge on any atom is -0.497 e. The third-order valence-electron chi connectivity index (χ3n) is 3.68. The van der Waals surface area contributed by atoms with Gasteiger partial charge in [-0.05, 0) is 24.3 Å². The molecule has 6 nitrogen and oxygen atoms in total. The first-order valence-corrected chi connectivity index (χ1v) is 8.73. The molecule has 2 amide bonds. The Morgan fingerprint density at radius 2 is 2.00 bits per heavy atom. The fourth-order valence-electron chi connectivity index (χ4n) is 2.48. The highest BCUT2D eigenvalue weighted by Gasteiger charge is 2.33. The molecule has 1 heterocycles. The minimum absolute atomic E-state index is 0.104. The van der Waals surface area contributed by atoms with Crippen LogP contribution >= 0.6 is 11.8 Å². The molecular formula is C19H15N3O3S. The zero-order valence-corrected chi connectivity index (χ0v) is 14.7. The summed E-state index contributed by atoms with van der Waals surface area (Å²) < 4.78 is 5.13. The normalized spacial score (nSPS) is 15.4. The minimum atomic E-state index is -0.570. The third kappa shape index (κ3) is 3.55. The number of ether oxygens (including phenoxy) is 1. The van der Waals surface area contributed by atoms with Gasteiger partial charge in [-0.3, -0.25) is 14.5 Å². The summed E-state index contributed by atoms with van der Waals surface area (Å²) in [7, 11) is 1.53.